The van der Waals surface area contributed by atoms with E-state index < -0.39 is 0 Å². The van der Waals surface area contributed by atoms with Gasteiger partial charge in [-0.3, -0.25) is 0 Å². The lowest BCUT2D eigenvalue weighted by Gasteiger charge is -2.18. The van der Waals surface area contributed by atoms with Crippen molar-refractivity contribution in [1.82, 2.24) is 15.2 Å². The Bertz CT molecular complexity index is 982. The van der Waals surface area contributed by atoms with E-state index in [4.69, 9.17) is 21.1 Å². The fraction of sp³-hybridized carbons (Fsp3) is 0.211. The van der Waals surface area contributed by atoms with Gasteiger partial charge in [-0.2, -0.15) is 10.1 Å². The van der Waals surface area contributed by atoms with Gasteiger partial charge in [-0.25, -0.2) is 0 Å². The molecular formula is C19H18ClN5O2. The first-order valence-corrected chi connectivity index (χ1v) is 8.81. The normalized spacial score (nSPS) is 12.6. The van der Waals surface area contributed by atoms with E-state index in [0.29, 0.717) is 28.2 Å². The van der Waals surface area contributed by atoms with Crippen molar-refractivity contribution in [2.24, 2.45) is 0 Å². The largest absolute Gasteiger partial charge is 0.495 e. The molecule has 0 atom stereocenters. The maximum atomic E-state index is 6.16. The summed E-state index contributed by atoms with van der Waals surface area (Å²) in [5, 5.41) is 11.8. The monoisotopic (exact) mass is 383 g/mol. The SMILES string of the molecule is COc1cc(Nc2nncc(N3CCc4ccccc43)n2)c(OC)cc1Cl. The number of halogens is 1. The van der Waals surface area contributed by atoms with Crippen molar-refractivity contribution in [3.8, 4) is 11.5 Å². The van der Waals surface area contributed by atoms with E-state index in [1.165, 1.54) is 5.56 Å². The van der Waals surface area contributed by atoms with E-state index in [-0.39, 0.29) is 0 Å². The second-order valence-electron chi connectivity index (χ2n) is 5.98. The number of para-hydroxylation sites is 1. The Kier molecular flexibility index (Phi) is 4.68. The summed E-state index contributed by atoms with van der Waals surface area (Å²) in [6.45, 7) is 0.857. The highest BCUT2D eigenvalue weighted by molar-refractivity contribution is 6.32. The molecule has 1 aliphatic heterocycles. The number of nitrogens with zero attached hydrogens (tertiary/aromatic N) is 4. The van der Waals surface area contributed by atoms with E-state index in [1.807, 2.05) is 12.1 Å². The highest BCUT2D eigenvalue weighted by atomic mass is 35.5. The quantitative estimate of drug-likeness (QED) is 0.714. The van der Waals surface area contributed by atoms with Gasteiger partial charge in [-0.1, -0.05) is 29.8 Å². The van der Waals surface area contributed by atoms with Crippen LogP contribution in [0.4, 0.5) is 23.1 Å². The topological polar surface area (TPSA) is 72.4 Å². The first kappa shape index (κ1) is 17.4. The van der Waals surface area contributed by atoms with Crippen LogP contribution in [-0.2, 0) is 6.42 Å². The van der Waals surface area contributed by atoms with Gasteiger partial charge in [-0.05, 0) is 18.1 Å². The van der Waals surface area contributed by atoms with Crippen LogP contribution in [0.2, 0.25) is 5.02 Å². The van der Waals surface area contributed by atoms with Crippen LogP contribution < -0.4 is 19.7 Å². The van der Waals surface area contributed by atoms with E-state index in [0.717, 1.165) is 24.5 Å². The van der Waals surface area contributed by atoms with Crippen molar-refractivity contribution in [3.63, 3.8) is 0 Å². The van der Waals surface area contributed by atoms with Crippen molar-refractivity contribution in [1.29, 1.82) is 0 Å². The molecule has 1 N–H and O–H groups in total. The van der Waals surface area contributed by atoms with Crippen LogP contribution in [0.15, 0.2) is 42.6 Å². The lowest BCUT2D eigenvalue weighted by molar-refractivity contribution is 0.405. The van der Waals surface area contributed by atoms with Gasteiger partial charge in [0.05, 0.1) is 31.1 Å². The Labute approximate surface area is 161 Å². The molecule has 0 radical (unpaired) electrons. The molecule has 1 aromatic heterocycles. The van der Waals surface area contributed by atoms with E-state index in [2.05, 4.69) is 37.5 Å². The highest BCUT2D eigenvalue weighted by Gasteiger charge is 2.21. The number of methoxy groups -OCH3 is 2. The minimum atomic E-state index is 0.361. The predicted octanol–water partition coefficient (Wildman–Crippen LogP) is 3.98. The van der Waals surface area contributed by atoms with Crippen LogP contribution in [0.25, 0.3) is 0 Å². The Morgan fingerprint density at radius 1 is 1.11 bits per heavy atom. The fourth-order valence-electron chi connectivity index (χ4n) is 3.13. The number of ether oxygens (including phenoxy) is 2. The summed E-state index contributed by atoms with van der Waals surface area (Å²) in [5.41, 5.74) is 3.09. The molecule has 0 fully saturated rings. The minimum absolute atomic E-state index is 0.361. The maximum Gasteiger partial charge on any atom is 0.249 e. The van der Waals surface area contributed by atoms with Crippen molar-refractivity contribution in [3.05, 3.63) is 53.2 Å². The molecule has 4 rings (SSSR count). The molecule has 0 amide bonds. The third kappa shape index (κ3) is 3.33. The van der Waals surface area contributed by atoms with Crippen molar-refractivity contribution in [2.75, 3.05) is 31.0 Å². The van der Waals surface area contributed by atoms with Gasteiger partial charge in [0.2, 0.25) is 5.95 Å². The van der Waals surface area contributed by atoms with Crippen LogP contribution in [0.3, 0.4) is 0 Å². The standard InChI is InChI=1S/C19H18ClN5O2/c1-26-16-10-14(17(27-2)9-13(16)20)22-19-23-18(11-21-24-19)25-8-7-12-5-3-4-6-15(12)25/h3-6,9-11H,7-8H2,1-2H3,(H,22,23,24). The molecule has 0 saturated heterocycles. The first-order chi connectivity index (χ1) is 13.2. The molecule has 8 heteroatoms. The summed E-state index contributed by atoms with van der Waals surface area (Å²) in [7, 11) is 3.13. The van der Waals surface area contributed by atoms with Crippen molar-refractivity contribution >= 4 is 34.7 Å². The Morgan fingerprint density at radius 2 is 1.93 bits per heavy atom. The second kappa shape index (κ2) is 7.28. The molecular weight excluding hydrogens is 366 g/mol. The highest BCUT2D eigenvalue weighted by Crippen LogP contribution is 2.37. The van der Waals surface area contributed by atoms with Gasteiger partial charge in [0.1, 0.15) is 11.5 Å². The molecule has 3 aromatic rings. The van der Waals surface area contributed by atoms with Gasteiger partial charge in [0.25, 0.3) is 0 Å². The molecule has 0 spiro atoms. The summed E-state index contributed by atoms with van der Waals surface area (Å²) < 4.78 is 10.7. The average molecular weight is 384 g/mol. The second-order valence-corrected chi connectivity index (χ2v) is 6.39. The summed E-state index contributed by atoms with van der Waals surface area (Å²) in [4.78, 5) is 6.75. The zero-order valence-electron chi connectivity index (χ0n) is 14.9. The van der Waals surface area contributed by atoms with Crippen LogP contribution in [0.1, 0.15) is 5.56 Å². The molecule has 2 heterocycles. The maximum absolute atomic E-state index is 6.16. The Morgan fingerprint density at radius 3 is 2.74 bits per heavy atom. The van der Waals surface area contributed by atoms with Gasteiger partial charge >= 0.3 is 0 Å². The zero-order chi connectivity index (χ0) is 18.8. The average Bonchev–Trinajstić information content (AvgIpc) is 3.13. The van der Waals surface area contributed by atoms with Crippen LogP contribution in [0.5, 0.6) is 11.5 Å². The van der Waals surface area contributed by atoms with Gasteiger partial charge in [0.15, 0.2) is 5.82 Å². The Balaban J connectivity index is 1.65. The molecule has 0 aliphatic carbocycles. The molecule has 0 bridgehead atoms. The van der Waals surface area contributed by atoms with E-state index in [1.54, 1.807) is 32.5 Å². The first-order valence-electron chi connectivity index (χ1n) is 8.43. The number of hydrogen-bond acceptors (Lipinski definition) is 7. The third-order valence-corrected chi connectivity index (χ3v) is 4.73. The molecule has 0 saturated carbocycles. The molecule has 0 unspecified atom stereocenters. The molecule has 2 aromatic carbocycles. The van der Waals surface area contributed by atoms with Gasteiger partial charge in [0, 0.05) is 24.4 Å². The number of rotatable bonds is 5. The summed E-state index contributed by atoms with van der Waals surface area (Å²) in [5.74, 6) is 2.18. The van der Waals surface area contributed by atoms with Crippen LogP contribution in [0, 0.1) is 0 Å². The number of anilines is 4. The number of fused-ring (bicyclic) bond motifs is 1. The molecule has 1 aliphatic rings. The number of benzene rings is 2. The summed E-state index contributed by atoms with van der Waals surface area (Å²) >= 11 is 6.16. The van der Waals surface area contributed by atoms with E-state index in [9.17, 15) is 0 Å². The summed E-state index contributed by atoms with van der Waals surface area (Å²) in [6, 6.07) is 11.7. The van der Waals surface area contributed by atoms with Crippen molar-refractivity contribution in [2.45, 2.75) is 6.42 Å². The van der Waals surface area contributed by atoms with Crippen LogP contribution in [-0.4, -0.2) is 35.9 Å². The summed E-state index contributed by atoms with van der Waals surface area (Å²) in [6.07, 6.45) is 2.64. The number of aromatic nitrogens is 3. The lowest BCUT2D eigenvalue weighted by atomic mass is 10.2. The fourth-order valence-corrected chi connectivity index (χ4v) is 3.36. The zero-order valence-corrected chi connectivity index (χ0v) is 15.7. The smallest absolute Gasteiger partial charge is 0.249 e. The third-order valence-electron chi connectivity index (χ3n) is 4.43. The van der Waals surface area contributed by atoms with Gasteiger partial charge in [-0.15, -0.1) is 5.10 Å². The number of hydrogen-bond donors (Lipinski definition) is 1. The predicted molar refractivity (Wildman–Crippen MR) is 105 cm³/mol. The van der Waals surface area contributed by atoms with E-state index >= 15 is 0 Å². The number of nitrogens with one attached hydrogen (secondary N) is 1. The minimum Gasteiger partial charge on any atom is -0.495 e. The molecule has 7 nitrogen and oxygen atoms in total. The van der Waals surface area contributed by atoms with Gasteiger partial charge < -0.3 is 19.7 Å². The van der Waals surface area contributed by atoms with Crippen molar-refractivity contribution < 1.29 is 9.47 Å². The van der Waals surface area contributed by atoms with Crippen LogP contribution >= 0.6 is 11.6 Å². The molecule has 138 valence electrons. The lowest BCUT2D eigenvalue weighted by Crippen LogP contribution is -2.16. The Hall–Kier alpha value is -3.06. The molecule has 27 heavy (non-hydrogen) atoms.